The zero-order chi connectivity index (χ0) is 14.5. The fraction of sp³-hybridized carbons (Fsp3) is 0.231. The van der Waals surface area contributed by atoms with Gasteiger partial charge in [0.15, 0.2) is 0 Å². The molecule has 2 rings (SSSR count). The number of pyridine rings is 2. The minimum absolute atomic E-state index is 0.0506. The van der Waals surface area contributed by atoms with Gasteiger partial charge in [-0.3, -0.25) is 15.1 Å². The molecule has 0 aliphatic rings. The summed E-state index contributed by atoms with van der Waals surface area (Å²) in [4.78, 5) is 20.5. The Hall–Kier alpha value is -2.21. The van der Waals surface area contributed by atoms with Gasteiger partial charge >= 0.3 is 5.69 Å². The van der Waals surface area contributed by atoms with Gasteiger partial charge in [-0.15, -0.1) is 0 Å². The van der Waals surface area contributed by atoms with E-state index in [1.807, 2.05) is 19.1 Å². The highest BCUT2D eigenvalue weighted by Gasteiger charge is 2.21. The van der Waals surface area contributed by atoms with E-state index in [1.54, 1.807) is 17.3 Å². The fourth-order valence-electron chi connectivity index (χ4n) is 1.84. The van der Waals surface area contributed by atoms with Crippen LogP contribution in [0.4, 0.5) is 11.5 Å². The van der Waals surface area contributed by atoms with Crippen molar-refractivity contribution in [2.75, 3.05) is 11.4 Å². The van der Waals surface area contributed by atoms with Crippen molar-refractivity contribution >= 4 is 23.1 Å². The Labute approximate surface area is 121 Å². The SMILES string of the molecule is CCN(Cc1ccncc1)c1nc(Cl)ccc1[N+](=O)[O-]. The van der Waals surface area contributed by atoms with Gasteiger partial charge in [0.2, 0.25) is 5.82 Å². The number of halogens is 1. The third kappa shape index (κ3) is 3.21. The Morgan fingerprint density at radius 1 is 1.30 bits per heavy atom. The quantitative estimate of drug-likeness (QED) is 0.481. The lowest BCUT2D eigenvalue weighted by atomic mass is 10.2. The standard InChI is InChI=1S/C13H13ClN4O2/c1-2-17(9-10-5-7-15-8-6-10)13-11(18(19)20)3-4-12(14)16-13/h3-8H,2,9H2,1H3. The molecule has 0 aliphatic heterocycles. The molecule has 104 valence electrons. The lowest BCUT2D eigenvalue weighted by molar-refractivity contribution is -0.384. The van der Waals surface area contributed by atoms with Gasteiger partial charge in [-0.1, -0.05) is 11.6 Å². The maximum atomic E-state index is 11.1. The summed E-state index contributed by atoms with van der Waals surface area (Å²) in [5.74, 6) is 0.279. The summed E-state index contributed by atoms with van der Waals surface area (Å²) in [6, 6.07) is 6.52. The molecule has 0 amide bonds. The van der Waals surface area contributed by atoms with Crippen molar-refractivity contribution < 1.29 is 4.92 Å². The van der Waals surface area contributed by atoms with E-state index in [0.29, 0.717) is 13.1 Å². The third-order valence-corrected chi connectivity index (χ3v) is 3.03. The predicted octanol–water partition coefficient (Wildman–Crippen LogP) is 3.06. The Morgan fingerprint density at radius 2 is 2.00 bits per heavy atom. The lowest BCUT2D eigenvalue weighted by Gasteiger charge is -2.21. The topological polar surface area (TPSA) is 72.2 Å². The van der Waals surface area contributed by atoms with Gasteiger partial charge in [0.25, 0.3) is 0 Å². The van der Waals surface area contributed by atoms with E-state index in [-0.39, 0.29) is 16.7 Å². The molecule has 0 aromatic carbocycles. The molecular weight excluding hydrogens is 280 g/mol. The van der Waals surface area contributed by atoms with Crippen molar-refractivity contribution in [3.63, 3.8) is 0 Å². The molecule has 0 fully saturated rings. The van der Waals surface area contributed by atoms with E-state index in [0.717, 1.165) is 5.56 Å². The molecule has 0 spiro atoms. The van der Waals surface area contributed by atoms with E-state index >= 15 is 0 Å². The van der Waals surface area contributed by atoms with E-state index in [1.165, 1.54) is 12.1 Å². The zero-order valence-corrected chi connectivity index (χ0v) is 11.6. The van der Waals surface area contributed by atoms with Gasteiger partial charge in [-0.05, 0) is 30.7 Å². The second-order valence-corrected chi connectivity index (χ2v) is 4.49. The molecule has 6 nitrogen and oxygen atoms in total. The van der Waals surface area contributed by atoms with E-state index in [2.05, 4.69) is 9.97 Å². The first-order valence-corrected chi connectivity index (χ1v) is 6.44. The van der Waals surface area contributed by atoms with Crippen LogP contribution in [0.1, 0.15) is 12.5 Å². The number of nitrogens with zero attached hydrogens (tertiary/aromatic N) is 4. The van der Waals surface area contributed by atoms with Crippen LogP contribution >= 0.6 is 11.6 Å². The Balaban J connectivity index is 2.36. The molecule has 2 aromatic rings. The van der Waals surface area contributed by atoms with Crippen LogP contribution in [-0.2, 0) is 6.54 Å². The smallest absolute Gasteiger partial charge is 0.311 e. The van der Waals surface area contributed by atoms with E-state index in [4.69, 9.17) is 11.6 Å². The maximum absolute atomic E-state index is 11.1. The zero-order valence-electron chi connectivity index (χ0n) is 10.9. The summed E-state index contributed by atoms with van der Waals surface area (Å²) in [5.41, 5.74) is 0.947. The second kappa shape index (κ2) is 6.29. The predicted molar refractivity (Wildman–Crippen MR) is 76.9 cm³/mol. The normalized spacial score (nSPS) is 10.3. The van der Waals surface area contributed by atoms with Crippen molar-refractivity contribution in [3.8, 4) is 0 Å². The summed E-state index contributed by atoms with van der Waals surface area (Å²) < 4.78 is 0. The Bertz CT molecular complexity index is 607. The van der Waals surface area contributed by atoms with Gasteiger partial charge in [0.05, 0.1) is 4.92 Å². The monoisotopic (exact) mass is 292 g/mol. The average molecular weight is 293 g/mol. The van der Waals surface area contributed by atoms with Gasteiger partial charge in [0.1, 0.15) is 5.15 Å². The number of anilines is 1. The molecule has 0 radical (unpaired) electrons. The minimum Gasteiger partial charge on any atom is -0.347 e. The molecule has 7 heteroatoms. The van der Waals surface area contributed by atoms with Crippen molar-refractivity contribution in [3.05, 3.63) is 57.5 Å². The first-order valence-electron chi connectivity index (χ1n) is 6.06. The van der Waals surface area contributed by atoms with Crippen LogP contribution in [0.2, 0.25) is 5.15 Å². The number of hydrogen-bond acceptors (Lipinski definition) is 5. The van der Waals surface area contributed by atoms with Crippen LogP contribution in [0.5, 0.6) is 0 Å². The number of nitro groups is 1. The molecule has 0 N–H and O–H groups in total. The van der Waals surface area contributed by atoms with Gasteiger partial charge in [-0.25, -0.2) is 4.98 Å². The molecule has 2 heterocycles. The molecule has 20 heavy (non-hydrogen) atoms. The van der Waals surface area contributed by atoms with Crippen LogP contribution in [0.3, 0.4) is 0 Å². The molecule has 0 saturated carbocycles. The summed E-state index contributed by atoms with van der Waals surface area (Å²) in [6.07, 6.45) is 3.37. The first kappa shape index (κ1) is 14.2. The largest absolute Gasteiger partial charge is 0.347 e. The van der Waals surface area contributed by atoms with Crippen molar-refractivity contribution in [2.45, 2.75) is 13.5 Å². The Kier molecular flexibility index (Phi) is 4.47. The number of aromatic nitrogens is 2. The molecular formula is C13H13ClN4O2. The van der Waals surface area contributed by atoms with Crippen LogP contribution in [0.25, 0.3) is 0 Å². The van der Waals surface area contributed by atoms with Gasteiger partial charge in [0, 0.05) is 31.5 Å². The van der Waals surface area contributed by atoms with Crippen LogP contribution in [0, 0.1) is 10.1 Å². The molecule has 0 atom stereocenters. The van der Waals surface area contributed by atoms with Crippen LogP contribution in [0.15, 0.2) is 36.7 Å². The Morgan fingerprint density at radius 3 is 2.60 bits per heavy atom. The maximum Gasteiger partial charge on any atom is 0.311 e. The van der Waals surface area contributed by atoms with Crippen molar-refractivity contribution in [2.24, 2.45) is 0 Å². The number of rotatable bonds is 5. The summed E-state index contributed by atoms with van der Waals surface area (Å²) >= 11 is 5.86. The van der Waals surface area contributed by atoms with Gasteiger partial charge in [-0.2, -0.15) is 0 Å². The molecule has 0 bridgehead atoms. The highest BCUT2D eigenvalue weighted by molar-refractivity contribution is 6.29. The molecule has 2 aromatic heterocycles. The van der Waals surface area contributed by atoms with E-state index < -0.39 is 4.92 Å². The summed E-state index contributed by atoms with van der Waals surface area (Å²) in [6.45, 7) is 3.00. The fourth-order valence-corrected chi connectivity index (χ4v) is 1.98. The summed E-state index contributed by atoms with van der Waals surface area (Å²) in [7, 11) is 0. The summed E-state index contributed by atoms with van der Waals surface area (Å²) in [5, 5.41) is 11.3. The van der Waals surface area contributed by atoms with Crippen molar-refractivity contribution in [1.29, 1.82) is 0 Å². The van der Waals surface area contributed by atoms with Crippen molar-refractivity contribution in [1.82, 2.24) is 9.97 Å². The average Bonchev–Trinajstić information content (AvgIpc) is 2.45. The third-order valence-electron chi connectivity index (χ3n) is 2.82. The molecule has 0 saturated heterocycles. The lowest BCUT2D eigenvalue weighted by Crippen LogP contribution is -2.24. The van der Waals surface area contributed by atoms with E-state index in [9.17, 15) is 10.1 Å². The second-order valence-electron chi connectivity index (χ2n) is 4.10. The van der Waals surface area contributed by atoms with Gasteiger partial charge < -0.3 is 4.90 Å². The highest BCUT2D eigenvalue weighted by Crippen LogP contribution is 2.28. The minimum atomic E-state index is -0.451. The molecule has 0 aliphatic carbocycles. The van der Waals surface area contributed by atoms with Crippen LogP contribution < -0.4 is 4.90 Å². The molecule has 0 unspecified atom stereocenters. The first-order chi connectivity index (χ1) is 9.61. The number of hydrogen-bond donors (Lipinski definition) is 0. The highest BCUT2D eigenvalue weighted by atomic mass is 35.5. The van der Waals surface area contributed by atoms with Crippen LogP contribution in [-0.4, -0.2) is 21.4 Å².